The SMILES string of the molecule is CCCCc1c(/C=C/C(=O)NCCCCN2C=CC=NC2)ccc2cc(OC)ccc12. The van der Waals surface area contributed by atoms with Crippen LogP contribution in [0.3, 0.4) is 0 Å². The van der Waals surface area contributed by atoms with Gasteiger partial charge in [-0.05, 0) is 71.9 Å². The van der Waals surface area contributed by atoms with Crippen LogP contribution in [0, 0.1) is 0 Å². The summed E-state index contributed by atoms with van der Waals surface area (Å²) in [5.41, 5.74) is 2.40. The van der Waals surface area contributed by atoms with Crippen LogP contribution in [-0.4, -0.2) is 43.9 Å². The van der Waals surface area contributed by atoms with Gasteiger partial charge >= 0.3 is 0 Å². The number of hydrogen-bond donors (Lipinski definition) is 1. The van der Waals surface area contributed by atoms with Crippen LogP contribution in [0.2, 0.25) is 0 Å². The molecule has 0 aromatic heterocycles. The van der Waals surface area contributed by atoms with Crippen LogP contribution in [0.1, 0.15) is 43.7 Å². The van der Waals surface area contributed by atoms with Crippen molar-refractivity contribution in [2.45, 2.75) is 39.0 Å². The summed E-state index contributed by atoms with van der Waals surface area (Å²) < 4.78 is 5.36. The summed E-state index contributed by atoms with van der Waals surface area (Å²) in [5.74, 6) is 0.819. The van der Waals surface area contributed by atoms with E-state index in [-0.39, 0.29) is 5.91 Å². The van der Waals surface area contributed by atoms with Gasteiger partial charge in [-0.2, -0.15) is 0 Å². The number of hydrogen-bond acceptors (Lipinski definition) is 4. The van der Waals surface area contributed by atoms with Crippen LogP contribution in [0.15, 0.2) is 53.7 Å². The summed E-state index contributed by atoms with van der Waals surface area (Å²) in [4.78, 5) is 18.7. The highest BCUT2D eigenvalue weighted by atomic mass is 16.5. The molecule has 1 aliphatic rings. The zero-order chi connectivity index (χ0) is 21.9. The van der Waals surface area contributed by atoms with E-state index in [1.807, 2.05) is 24.4 Å². The van der Waals surface area contributed by atoms with E-state index < -0.39 is 0 Å². The molecule has 0 saturated heterocycles. The first-order valence-corrected chi connectivity index (χ1v) is 11.2. The minimum absolute atomic E-state index is 0.0428. The van der Waals surface area contributed by atoms with E-state index in [0.29, 0.717) is 6.54 Å². The molecule has 31 heavy (non-hydrogen) atoms. The van der Waals surface area contributed by atoms with E-state index in [4.69, 9.17) is 4.74 Å². The zero-order valence-electron chi connectivity index (χ0n) is 18.6. The number of nitrogens with one attached hydrogen (secondary N) is 1. The Bertz CT molecular complexity index is 963. The van der Waals surface area contributed by atoms with Gasteiger partial charge in [0.2, 0.25) is 5.91 Å². The highest BCUT2D eigenvalue weighted by Crippen LogP contribution is 2.28. The summed E-state index contributed by atoms with van der Waals surface area (Å²) in [6, 6.07) is 10.4. The third-order valence-corrected chi connectivity index (χ3v) is 5.49. The molecule has 0 unspecified atom stereocenters. The fourth-order valence-electron chi connectivity index (χ4n) is 3.75. The third kappa shape index (κ3) is 6.71. The number of aryl methyl sites for hydroxylation is 1. The smallest absolute Gasteiger partial charge is 0.243 e. The predicted molar refractivity (Wildman–Crippen MR) is 130 cm³/mol. The van der Waals surface area contributed by atoms with Crippen molar-refractivity contribution in [1.29, 1.82) is 0 Å². The van der Waals surface area contributed by atoms with E-state index in [9.17, 15) is 4.79 Å². The molecule has 0 spiro atoms. The molecule has 1 aliphatic heterocycles. The summed E-state index contributed by atoms with van der Waals surface area (Å²) in [6.45, 7) is 4.57. The lowest BCUT2D eigenvalue weighted by molar-refractivity contribution is -0.116. The Kier molecular flexibility index (Phi) is 8.71. The number of allylic oxidation sites excluding steroid dienone is 1. The number of carbonyl (C=O) groups is 1. The minimum atomic E-state index is -0.0428. The van der Waals surface area contributed by atoms with Crippen molar-refractivity contribution in [3.63, 3.8) is 0 Å². The van der Waals surface area contributed by atoms with Crippen molar-refractivity contribution in [3.05, 3.63) is 59.8 Å². The molecule has 0 fully saturated rings. The summed E-state index contributed by atoms with van der Waals surface area (Å²) in [5, 5.41) is 5.39. The lowest BCUT2D eigenvalue weighted by Gasteiger charge is -2.19. The average Bonchev–Trinajstić information content (AvgIpc) is 2.81. The van der Waals surface area contributed by atoms with Crippen molar-refractivity contribution >= 4 is 29.0 Å². The normalized spacial score (nSPS) is 13.3. The lowest BCUT2D eigenvalue weighted by Crippen LogP contribution is -2.24. The van der Waals surface area contributed by atoms with Crippen LogP contribution >= 0.6 is 0 Å². The molecule has 1 heterocycles. The molecule has 5 heteroatoms. The molecule has 0 aliphatic carbocycles. The number of carbonyl (C=O) groups excluding carboxylic acids is 1. The van der Waals surface area contributed by atoms with Crippen LogP contribution in [-0.2, 0) is 11.2 Å². The molecule has 164 valence electrons. The molecular formula is C26H33N3O2. The van der Waals surface area contributed by atoms with E-state index >= 15 is 0 Å². The van der Waals surface area contributed by atoms with Crippen LogP contribution in [0.25, 0.3) is 16.8 Å². The van der Waals surface area contributed by atoms with Gasteiger partial charge in [0.25, 0.3) is 0 Å². The number of amides is 1. The molecule has 2 aromatic rings. The third-order valence-electron chi connectivity index (χ3n) is 5.49. The van der Waals surface area contributed by atoms with Crippen LogP contribution in [0.5, 0.6) is 5.75 Å². The quantitative estimate of drug-likeness (QED) is 0.414. The van der Waals surface area contributed by atoms with Crippen molar-refractivity contribution in [1.82, 2.24) is 10.2 Å². The predicted octanol–water partition coefficient (Wildman–Crippen LogP) is 4.96. The number of unbranched alkanes of at least 4 members (excludes halogenated alkanes) is 2. The van der Waals surface area contributed by atoms with E-state index in [2.05, 4.69) is 52.6 Å². The molecule has 0 bridgehead atoms. The topological polar surface area (TPSA) is 53.9 Å². The summed E-state index contributed by atoms with van der Waals surface area (Å²) in [7, 11) is 1.69. The fourth-order valence-corrected chi connectivity index (χ4v) is 3.75. The molecule has 0 atom stereocenters. The second-order valence-corrected chi connectivity index (χ2v) is 7.78. The van der Waals surface area contributed by atoms with Gasteiger partial charge in [-0.15, -0.1) is 0 Å². The second-order valence-electron chi connectivity index (χ2n) is 7.78. The zero-order valence-corrected chi connectivity index (χ0v) is 18.6. The van der Waals surface area contributed by atoms with Crippen LogP contribution in [0.4, 0.5) is 0 Å². The van der Waals surface area contributed by atoms with Crippen LogP contribution < -0.4 is 10.1 Å². The summed E-state index contributed by atoms with van der Waals surface area (Å²) >= 11 is 0. The first-order chi connectivity index (χ1) is 15.2. The first-order valence-electron chi connectivity index (χ1n) is 11.2. The number of rotatable bonds is 11. The molecule has 1 N–H and O–H groups in total. The van der Waals surface area contributed by atoms with Gasteiger partial charge in [-0.1, -0.05) is 31.5 Å². The number of aliphatic imine (C=N–C) groups is 1. The standard InChI is InChI=1S/C26H33N3O2/c1-3-4-8-24-21(9-10-22-19-23(31-2)12-13-25(22)24)11-14-26(30)28-16-5-6-17-29-18-7-15-27-20-29/h7,9-15,18-19H,3-6,8,16-17,20H2,1-2H3,(H,28,30)/b14-11+. The molecular weight excluding hydrogens is 386 g/mol. The average molecular weight is 420 g/mol. The van der Waals surface area contributed by atoms with E-state index in [1.54, 1.807) is 13.2 Å². The van der Waals surface area contributed by atoms with Gasteiger partial charge in [0.1, 0.15) is 12.4 Å². The van der Waals surface area contributed by atoms with E-state index in [1.165, 1.54) is 16.3 Å². The van der Waals surface area contributed by atoms with E-state index in [0.717, 1.165) is 56.6 Å². The Morgan fingerprint density at radius 2 is 2.13 bits per heavy atom. The van der Waals surface area contributed by atoms with Gasteiger partial charge in [0, 0.05) is 31.6 Å². The lowest BCUT2D eigenvalue weighted by atomic mass is 9.94. The highest BCUT2D eigenvalue weighted by Gasteiger charge is 2.08. The second kappa shape index (κ2) is 11.9. The molecule has 0 saturated carbocycles. The maximum atomic E-state index is 12.3. The van der Waals surface area contributed by atoms with Gasteiger partial charge < -0.3 is 15.0 Å². The highest BCUT2D eigenvalue weighted by molar-refractivity contribution is 5.94. The Morgan fingerprint density at radius 1 is 1.23 bits per heavy atom. The van der Waals surface area contributed by atoms with Crippen molar-refractivity contribution in [2.24, 2.45) is 4.99 Å². The Balaban J connectivity index is 1.56. The number of ether oxygens (including phenoxy) is 1. The van der Waals surface area contributed by atoms with Crippen molar-refractivity contribution in [2.75, 3.05) is 26.9 Å². The first kappa shape index (κ1) is 22.6. The van der Waals surface area contributed by atoms with Gasteiger partial charge in [0.15, 0.2) is 0 Å². The number of nitrogens with zero attached hydrogens (tertiary/aromatic N) is 2. The number of fused-ring (bicyclic) bond motifs is 1. The Labute approximate surface area is 185 Å². The fraction of sp³-hybridized carbons (Fsp3) is 0.385. The van der Waals surface area contributed by atoms with Gasteiger partial charge in [-0.3, -0.25) is 9.79 Å². The number of methoxy groups -OCH3 is 1. The molecule has 5 nitrogen and oxygen atoms in total. The minimum Gasteiger partial charge on any atom is -0.497 e. The Hall–Kier alpha value is -3.08. The largest absolute Gasteiger partial charge is 0.497 e. The Morgan fingerprint density at radius 3 is 2.90 bits per heavy atom. The molecule has 0 radical (unpaired) electrons. The molecule has 3 rings (SSSR count). The summed E-state index contributed by atoms with van der Waals surface area (Å²) in [6.07, 6.45) is 14.7. The van der Waals surface area contributed by atoms with Gasteiger partial charge in [0.05, 0.1) is 7.11 Å². The molecule has 2 aromatic carbocycles. The molecule has 1 amide bonds. The maximum absolute atomic E-state index is 12.3. The maximum Gasteiger partial charge on any atom is 0.243 e. The monoisotopic (exact) mass is 419 g/mol. The number of benzene rings is 2. The van der Waals surface area contributed by atoms with Gasteiger partial charge in [-0.25, -0.2) is 0 Å². The van der Waals surface area contributed by atoms with Crippen molar-refractivity contribution < 1.29 is 9.53 Å². The van der Waals surface area contributed by atoms with Crippen molar-refractivity contribution in [3.8, 4) is 5.75 Å².